The van der Waals surface area contributed by atoms with Crippen LogP contribution in [-0.4, -0.2) is 15.0 Å². The van der Waals surface area contributed by atoms with Crippen molar-refractivity contribution in [3.05, 3.63) is 60.8 Å². The van der Waals surface area contributed by atoms with Gasteiger partial charge < -0.3 is 4.98 Å². The summed E-state index contributed by atoms with van der Waals surface area (Å²) in [4.78, 5) is 11.6. The lowest BCUT2D eigenvalue weighted by Gasteiger charge is -2.01. The second-order valence-electron chi connectivity index (χ2n) is 4.68. The highest BCUT2D eigenvalue weighted by atomic mass is 19.1. The van der Waals surface area contributed by atoms with Crippen molar-refractivity contribution >= 4 is 21.8 Å². The van der Waals surface area contributed by atoms with Gasteiger partial charge in [0.15, 0.2) is 0 Å². The Kier molecular flexibility index (Phi) is 2.29. The van der Waals surface area contributed by atoms with Gasteiger partial charge >= 0.3 is 0 Å². The van der Waals surface area contributed by atoms with Gasteiger partial charge in [-0.3, -0.25) is 9.97 Å². The Morgan fingerprint density at radius 2 is 1.95 bits per heavy atom. The number of rotatable bonds is 1. The summed E-state index contributed by atoms with van der Waals surface area (Å²) < 4.78 is 13.6. The molecule has 0 unspecified atom stereocenters. The molecule has 1 aromatic carbocycles. The van der Waals surface area contributed by atoms with Gasteiger partial charge in [-0.05, 0) is 24.3 Å². The van der Waals surface area contributed by atoms with Crippen molar-refractivity contribution in [3.8, 4) is 11.3 Å². The van der Waals surface area contributed by atoms with Crippen molar-refractivity contribution < 1.29 is 4.39 Å². The largest absolute Gasteiger partial charge is 0.353 e. The Labute approximate surface area is 114 Å². The Morgan fingerprint density at radius 1 is 1.00 bits per heavy atom. The van der Waals surface area contributed by atoms with Crippen LogP contribution in [0.25, 0.3) is 33.1 Å². The molecule has 0 saturated carbocycles. The molecule has 0 saturated heterocycles. The molecule has 20 heavy (non-hydrogen) atoms. The van der Waals surface area contributed by atoms with Gasteiger partial charge in [0, 0.05) is 34.4 Å². The molecular weight excluding hydrogens is 253 g/mol. The van der Waals surface area contributed by atoms with Gasteiger partial charge in [-0.25, -0.2) is 4.39 Å². The normalized spacial score (nSPS) is 11.2. The second kappa shape index (κ2) is 4.13. The van der Waals surface area contributed by atoms with Crippen molar-refractivity contribution in [1.29, 1.82) is 0 Å². The lowest BCUT2D eigenvalue weighted by atomic mass is 10.1. The van der Waals surface area contributed by atoms with Gasteiger partial charge in [0.2, 0.25) is 0 Å². The molecule has 4 heteroatoms. The molecule has 0 spiro atoms. The molecule has 4 aromatic rings. The lowest BCUT2D eigenvalue weighted by molar-refractivity contribution is 0.637. The van der Waals surface area contributed by atoms with Gasteiger partial charge in [0.05, 0.1) is 11.7 Å². The third-order valence-electron chi connectivity index (χ3n) is 3.40. The highest BCUT2D eigenvalue weighted by molar-refractivity contribution is 5.88. The van der Waals surface area contributed by atoms with Gasteiger partial charge in [0.1, 0.15) is 11.3 Å². The number of nitrogens with one attached hydrogen (secondary N) is 1. The average Bonchev–Trinajstić information content (AvgIpc) is 2.91. The number of nitrogens with zero attached hydrogens (tertiary/aromatic N) is 2. The molecule has 0 fully saturated rings. The van der Waals surface area contributed by atoms with Crippen molar-refractivity contribution in [2.75, 3.05) is 0 Å². The third kappa shape index (κ3) is 1.66. The van der Waals surface area contributed by atoms with Crippen molar-refractivity contribution in [3.63, 3.8) is 0 Å². The van der Waals surface area contributed by atoms with Crippen molar-refractivity contribution in [1.82, 2.24) is 15.0 Å². The smallest absolute Gasteiger partial charge is 0.149 e. The maximum absolute atomic E-state index is 13.6. The zero-order valence-electron chi connectivity index (χ0n) is 10.5. The molecule has 0 atom stereocenters. The SMILES string of the molecule is Fc1cccc2cc(-c3cc4ccncc4[nH]3)cnc12. The first-order chi connectivity index (χ1) is 9.81. The summed E-state index contributed by atoms with van der Waals surface area (Å²) in [5.41, 5.74) is 3.25. The molecule has 0 aliphatic carbocycles. The van der Waals surface area contributed by atoms with E-state index in [1.807, 2.05) is 24.3 Å². The molecule has 3 aromatic heterocycles. The second-order valence-corrected chi connectivity index (χ2v) is 4.68. The first-order valence-corrected chi connectivity index (χ1v) is 6.29. The minimum Gasteiger partial charge on any atom is -0.353 e. The van der Waals surface area contributed by atoms with Gasteiger partial charge in [-0.2, -0.15) is 0 Å². The maximum atomic E-state index is 13.6. The number of pyridine rings is 2. The molecular formula is C16H10FN3. The Morgan fingerprint density at radius 3 is 2.85 bits per heavy atom. The maximum Gasteiger partial charge on any atom is 0.149 e. The predicted molar refractivity (Wildman–Crippen MR) is 76.8 cm³/mol. The highest BCUT2D eigenvalue weighted by Crippen LogP contribution is 2.26. The monoisotopic (exact) mass is 263 g/mol. The summed E-state index contributed by atoms with van der Waals surface area (Å²) in [6.07, 6.45) is 5.23. The average molecular weight is 263 g/mol. The van der Waals surface area contributed by atoms with E-state index in [9.17, 15) is 4.39 Å². The van der Waals surface area contributed by atoms with Gasteiger partial charge in [-0.1, -0.05) is 12.1 Å². The number of benzene rings is 1. The van der Waals surface area contributed by atoms with E-state index in [0.717, 1.165) is 27.5 Å². The topological polar surface area (TPSA) is 41.6 Å². The highest BCUT2D eigenvalue weighted by Gasteiger charge is 2.07. The molecule has 0 bridgehead atoms. The molecule has 4 rings (SSSR count). The molecule has 0 aliphatic rings. The number of halogens is 1. The first kappa shape index (κ1) is 11.1. The molecule has 1 N–H and O–H groups in total. The number of fused-ring (bicyclic) bond motifs is 2. The third-order valence-corrected chi connectivity index (χ3v) is 3.40. The minimum atomic E-state index is -0.296. The zero-order chi connectivity index (χ0) is 13.5. The van der Waals surface area contributed by atoms with E-state index < -0.39 is 0 Å². The lowest BCUT2D eigenvalue weighted by Crippen LogP contribution is -1.86. The number of aromatic amines is 1. The van der Waals surface area contributed by atoms with Crippen LogP contribution in [0.4, 0.5) is 4.39 Å². The fourth-order valence-corrected chi connectivity index (χ4v) is 2.40. The molecule has 3 heterocycles. The zero-order valence-corrected chi connectivity index (χ0v) is 10.5. The van der Waals surface area contributed by atoms with Crippen LogP contribution in [0.1, 0.15) is 0 Å². The molecule has 0 aliphatic heterocycles. The van der Waals surface area contributed by atoms with E-state index in [4.69, 9.17) is 0 Å². The Bertz CT molecular complexity index is 894. The van der Waals surface area contributed by atoms with Crippen LogP contribution >= 0.6 is 0 Å². The van der Waals surface area contributed by atoms with Gasteiger partial charge in [0.25, 0.3) is 0 Å². The predicted octanol–water partition coefficient (Wildman–Crippen LogP) is 3.92. The first-order valence-electron chi connectivity index (χ1n) is 6.29. The van der Waals surface area contributed by atoms with E-state index in [2.05, 4.69) is 15.0 Å². The minimum absolute atomic E-state index is 0.296. The Hall–Kier alpha value is -2.75. The Balaban J connectivity index is 1.93. The summed E-state index contributed by atoms with van der Waals surface area (Å²) in [6.45, 7) is 0. The van der Waals surface area contributed by atoms with Crippen molar-refractivity contribution in [2.24, 2.45) is 0 Å². The quantitative estimate of drug-likeness (QED) is 0.565. The number of H-pyrrole nitrogens is 1. The number of hydrogen-bond acceptors (Lipinski definition) is 2. The van der Waals surface area contributed by atoms with E-state index in [-0.39, 0.29) is 5.82 Å². The fraction of sp³-hybridized carbons (Fsp3) is 0. The summed E-state index contributed by atoms with van der Waals surface area (Å²) in [5, 5.41) is 1.88. The van der Waals surface area contributed by atoms with Crippen LogP contribution in [-0.2, 0) is 0 Å². The van der Waals surface area contributed by atoms with Crippen LogP contribution in [0.5, 0.6) is 0 Å². The van der Waals surface area contributed by atoms with Crippen LogP contribution < -0.4 is 0 Å². The van der Waals surface area contributed by atoms with E-state index in [0.29, 0.717) is 5.52 Å². The van der Waals surface area contributed by atoms with Crippen LogP contribution in [0.15, 0.2) is 55.0 Å². The standard InChI is InChI=1S/C16H10FN3/c17-13-3-1-2-11-6-12(8-19-16(11)13)14-7-10-4-5-18-9-15(10)20-14/h1-9,20H. The van der Waals surface area contributed by atoms with Crippen LogP contribution in [0.2, 0.25) is 0 Å². The number of aromatic nitrogens is 3. The molecule has 96 valence electrons. The number of para-hydroxylation sites is 1. The van der Waals surface area contributed by atoms with E-state index in [1.165, 1.54) is 6.07 Å². The molecule has 0 amide bonds. The summed E-state index contributed by atoms with van der Waals surface area (Å²) in [5.74, 6) is -0.296. The summed E-state index contributed by atoms with van der Waals surface area (Å²) in [6, 6.07) is 10.9. The number of hydrogen-bond donors (Lipinski definition) is 1. The molecule has 3 nitrogen and oxygen atoms in total. The summed E-state index contributed by atoms with van der Waals surface area (Å²) in [7, 11) is 0. The van der Waals surface area contributed by atoms with Crippen molar-refractivity contribution in [2.45, 2.75) is 0 Å². The fourth-order valence-electron chi connectivity index (χ4n) is 2.40. The van der Waals surface area contributed by atoms with Crippen LogP contribution in [0, 0.1) is 5.82 Å². The van der Waals surface area contributed by atoms with E-state index >= 15 is 0 Å². The van der Waals surface area contributed by atoms with Gasteiger partial charge in [-0.15, -0.1) is 0 Å². The molecule has 0 radical (unpaired) electrons. The van der Waals surface area contributed by atoms with E-state index in [1.54, 1.807) is 24.7 Å². The summed E-state index contributed by atoms with van der Waals surface area (Å²) >= 11 is 0. The van der Waals surface area contributed by atoms with Crippen LogP contribution in [0.3, 0.4) is 0 Å².